The molecule has 0 radical (unpaired) electrons. The van der Waals surface area contributed by atoms with Crippen LogP contribution in [0.25, 0.3) is 0 Å². The number of hydrogen-bond donors (Lipinski definition) is 1. The van der Waals surface area contributed by atoms with Crippen molar-refractivity contribution in [2.75, 3.05) is 0 Å². The third-order valence-corrected chi connectivity index (χ3v) is 3.53. The predicted octanol–water partition coefficient (Wildman–Crippen LogP) is 3.07. The molecule has 2 aliphatic rings. The molecule has 1 unspecified atom stereocenters. The van der Waals surface area contributed by atoms with Crippen LogP contribution in [0.2, 0.25) is 0 Å². The zero-order valence-electron chi connectivity index (χ0n) is 10.6. The maximum absolute atomic E-state index is 13.7. The number of fused-ring (bicyclic) bond motifs is 1. The number of amidine groups is 1. The molecule has 0 aromatic heterocycles. The van der Waals surface area contributed by atoms with Crippen LogP contribution in [-0.2, 0) is 5.66 Å². The highest BCUT2D eigenvalue weighted by molar-refractivity contribution is 7.80. The molecule has 0 saturated heterocycles. The molecule has 0 bridgehead atoms. The zero-order chi connectivity index (χ0) is 15.1. The fourth-order valence-electron chi connectivity index (χ4n) is 2.23. The quantitative estimate of drug-likeness (QED) is 0.808. The smallest absolute Gasteiger partial charge is 0.326 e. The number of allylic oxidation sites excluding steroid dienone is 2. The van der Waals surface area contributed by atoms with Crippen LogP contribution in [0, 0.1) is 0 Å². The molecule has 1 N–H and O–H groups in total. The highest BCUT2D eigenvalue weighted by Gasteiger charge is 2.59. The monoisotopic (exact) mass is 309 g/mol. The average molecular weight is 309 g/mol. The maximum atomic E-state index is 13.7. The largest absolute Gasteiger partial charge is 0.436 e. The van der Waals surface area contributed by atoms with E-state index in [1.54, 1.807) is 24.4 Å². The number of thiocarbonyl (C=S) groups is 1. The Morgan fingerprint density at radius 3 is 2.52 bits per heavy atom. The van der Waals surface area contributed by atoms with Gasteiger partial charge in [-0.05, 0) is 24.4 Å². The van der Waals surface area contributed by atoms with E-state index in [1.807, 2.05) is 0 Å². The first-order valence-electron chi connectivity index (χ1n) is 6.12. The van der Waals surface area contributed by atoms with Crippen LogP contribution in [0.15, 0.2) is 59.8 Å². The number of aliphatic imine (C=N–C) groups is 1. The minimum absolute atomic E-state index is 0.00467. The topological polar surface area (TPSA) is 27.6 Å². The van der Waals surface area contributed by atoms with E-state index in [0.717, 1.165) is 0 Å². The van der Waals surface area contributed by atoms with Crippen molar-refractivity contribution in [3.8, 4) is 0 Å². The van der Waals surface area contributed by atoms with Crippen LogP contribution in [0.4, 0.5) is 13.2 Å². The van der Waals surface area contributed by atoms with Crippen molar-refractivity contribution in [1.82, 2.24) is 10.2 Å². The molecule has 0 fully saturated rings. The molecule has 0 amide bonds. The van der Waals surface area contributed by atoms with Gasteiger partial charge in [-0.2, -0.15) is 13.2 Å². The summed E-state index contributed by atoms with van der Waals surface area (Å²) in [6.45, 7) is 0. The highest BCUT2D eigenvalue weighted by atomic mass is 32.1. The second kappa shape index (κ2) is 4.70. The van der Waals surface area contributed by atoms with Gasteiger partial charge in [-0.25, -0.2) is 4.99 Å². The number of nitrogens with zero attached hydrogens (tertiary/aromatic N) is 2. The Hall–Kier alpha value is -2.15. The average Bonchev–Trinajstić information content (AvgIpc) is 2.47. The van der Waals surface area contributed by atoms with E-state index in [1.165, 1.54) is 35.2 Å². The normalized spacial score (nSPS) is 24.4. The molecule has 1 aromatic rings. The fourth-order valence-corrected chi connectivity index (χ4v) is 2.53. The van der Waals surface area contributed by atoms with Gasteiger partial charge in [0.15, 0.2) is 5.11 Å². The van der Waals surface area contributed by atoms with Crippen molar-refractivity contribution < 1.29 is 13.2 Å². The van der Waals surface area contributed by atoms with E-state index in [4.69, 9.17) is 12.2 Å². The fraction of sp³-hybridized carbons (Fsp3) is 0.143. The van der Waals surface area contributed by atoms with E-state index in [2.05, 4.69) is 10.3 Å². The summed E-state index contributed by atoms with van der Waals surface area (Å²) in [5, 5.41) is 2.31. The summed E-state index contributed by atoms with van der Waals surface area (Å²) < 4.78 is 41.2. The van der Waals surface area contributed by atoms with Crippen molar-refractivity contribution in [3.05, 3.63) is 60.3 Å². The molecule has 2 heterocycles. The lowest BCUT2D eigenvalue weighted by Crippen LogP contribution is -2.62. The van der Waals surface area contributed by atoms with Crippen LogP contribution in [0.3, 0.4) is 0 Å². The van der Waals surface area contributed by atoms with Gasteiger partial charge in [0.05, 0.1) is 0 Å². The number of benzene rings is 1. The second-order valence-corrected chi connectivity index (χ2v) is 4.93. The molecule has 21 heavy (non-hydrogen) atoms. The van der Waals surface area contributed by atoms with Crippen LogP contribution in [-0.4, -0.2) is 22.0 Å². The SMILES string of the molecule is FC(F)(F)C1(c2ccccc2)N=C2C=CC=CN2C(=S)N1. The molecule has 108 valence electrons. The Kier molecular flexibility index (Phi) is 3.09. The van der Waals surface area contributed by atoms with Crippen LogP contribution in [0.5, 0.6) is 0 Å². The van der Waals surface area contributed by atoms with Crippen LogP contribution < -0.4 is 5.32 Å². The van der Waals surface area contributed by atoms with E-state index in [9.17, 15) is 13.2 Å². The molecule has 1 aromatic carbocycles. The molecule has 1 atom stereocenters. The van der Waals surface area contributed by atoms with Crippen LogP contribution in [0.1, 0.15) is 5.56 Å². The summed E-state index contributed by atoms with van der Waals surface area (Å²) in [6, 6.07) is 7.49. The molecule has 3 rings (SSSR count). The van der Waals surface area contributed by atoms with Gasteiger partial charge in [-0.15, -0.1) is 0 Å². The summed E-state index contributed by atoms with van der Waals surface area (Å²) in [5.74, 6) is 0.155. The molecule has 0 saturated carbocycles. The molecular formula is C14H10F3N3S. The summed E-state index contributed by atoms with van der Waals surface area (Å²) in [4.78, 5) is 5.31. The van der Waals surface area contributed by atoms with Crippen LogP contribution >= 0.6 is 12.2 Å². The molecular weight excluding hydrogens is 299 g/mol. The van der Waals surface area contributed by atoms with E-state index in [-0.39, 0.29) is 16.5 Å². The first kappa shape index (κ1) is 13.8. The molecule has 7 heteroatoms. The van der Waals surface area contributed by atoms with E-state index >= 15 is 0 Å². The van der Waals surface area contributed by atoms with Gasteiger partial charge in [0, 0.05) is 11.8 Å². The first-order valence-corrected chi connectivity index (χ1v) is 6.53. The van der Waals surface area contributed by atoms with Gasteiger partial charge in [0.1, 0.15) is 5.84 Å². The molecule has 0 aliphatic carbocycles. The van der Waals surface area contributed by atoms with Gasteiger partial charge in [-0.1, -0.05) is 36.4 Å². The second-order valence-electron chi connectivity index (χ2n) is 4.54. The third-order valence-electron chi connectivity index (χ3n) is 3.23. The zero-order valence-corrected chi connectivity index (χ0v) is 11.4. The van der Waals surface area contributed by atoms with Gasteiger partial charge in [-0.3, -0.25) is 4.90 Å². The van der Waals surface area contributed by atoms with Crippen molar-refractivity contribution in [2.24, 2.45) is 4.99 Å². The minimum atomic E-state index is -4.63. The Morgan fingerprint density at radius 1 is 1.14 bits per heavy atom. The summed E-state index contributed by atoms with van der Waals surface area (Å²) in [6.07, 6.45) is 1.73. The van der Waals surface area contributed by atoms with Gasteiger partial charge < -0.3 is 5.32 Å². The van der Waals surface area contributed by atoms with Crippen molar-refractivity contribution in [1.29, 1.82) is 0 Å². The van der Waals surface area contributed by atoms with Crippen molar-refractivity contribution in [3.63, 3.8) is 0 Å². The molecule has 0 spiro atoms. The number of alkyl halides is 3. The van der Waals surface area contributed by atoms with Crippen molar-refractivity contribution >= 4 is 23.2 Å². The predicted molar refractivity (Wildman–Crippen MR) is 77.5 cm³/mol. The lowest BCUT2D eigenvalue weighted by molar-refractivity contribution is -0.194. The Bertz CT molecular complexity index is 664. The minimum Gasteiger partial charge on any atom is -0.326 e. The number of hydrogen-bond acceptors (Lipinski definition) is 2. The lowest BCUT2D eigenvalue weighted by Gasteiger charge is -2.41. The van der Waals surface area contributed by atoms with Gasteiger partial charge in [0.25, 0.3) is 5.66 Å². The van der Waals surface area contributed by atoms with E-state index < -0.39 is 11.8 Å². The lowest BCUT2D eigenvalue weighted by atomic mass is 9.98. The summed E-state index contributed by atoms with van der Waals surface area (Å²) in [7, 11) is 0. The maximum Gasteiger partial charge on any atom is 0.436 e. The highest BCUT2D eigenvalue weighted by Crippen LogP contribution is 2.42. The first-order chi connectivity index (χ1) is 9.94. The summed E-state index contributed by atoms with van der Waals surface area (Å²) >= 11 is 5.07. The Morgan fingerprint density at radius 2 is 1.86 bits per heavy atom. The van der Waals surface area contributed by atoms with Crippen molar-refractivity contribution in [2.45, 2.75) is 11.8 Å². The van der Waals surface area contributed by atoms with Gasteiger partial charge in [0.2, 0.25) is 0 Å². The number of nitrogens with one attached hydrogen (secondary N) is 1. The third kappa shape index (κ3) is 2.13. The Labute approximate surface area is 124 Å². The summed E-state index contributed by atoms with van der Waals surface area (Å²) in [5.41, 5.74) is -2.57. The molecule has 2 aliphatic heterocycles. The van der Waals surface area contributed by atoms with E-state index in [0.29, 0.717) is 0 Å². The van der Waals surface area contributed by atoms with Gasteiger partial charge >= 0.3 is 6.18 Å². The number of halogens is 3. The number of rotatable bonds is 1. The standard InChI is InChI=1S/C14H10F3N3S/c15-14(16,17)13(10-6-2-1-3-7-10)18-11-8-4-5-9-20(11)12(21)19-13/h1-9H,(H,19,21). The molecule has 3 nitrogen and oxygen atoms in total. The Balaban J connectivity index is 2.21.